The molecule has 0 bridgehead atoms. The second kappa shape index (κ2) is 3.14. The lowest BCUT2D eigenvalue weighted by molar-refractivity contribution is 0.868. The minimum absolute atomic E-state index is 0.997. The van der Waals surface area contributed by atoms with Crippen molar-refractivity contribution in [3.05, 3.63) is 29.3 Å². The van der Waals surface area contributed by atoms with Gasteiger partial charge in [0.2, 0.25) is 0 Å². The van der Waals surface area contributed by atoms with Crippen LogP contribution in [0.5, 0.6) is 0 Å². The van der Waals surface area contributed by atoms with E-state index in [9.17, 15) is 0 Å². The number of anilines is 1. The van der Waals surface area contributed by atoms with Crippen molar-refractivity contribution in [1.82, 2.24) is 0 Å². The zero-order valence-electron chi connectivity index (χ0n) is 7.88. The summed E-state index contributed by atoms with van der Waals surface area (Å²) in [5, 5.41) is 0. The van der Waals surface area contributed by atoms with Crippen molar-refractivity contribution in [1.29, 1.82) is 0 Å². The Labute approximate surface area is 79.4 Å². The van der Waals surface area contributed by atoms with E-state index in [1.54, 1.807) is 0 Å². The van der Waals surface area contributed by atoms with Gasteiger partial charge in [-0.25, -0.2) is 0 Å². The molecule has 1 aliphatic rings. The van der Waals surface area contributed by atoms with Gasteiger partial charge in [0.25, 0.3) is 0 Å². The topological polar surface area (TPSA) is 3.24 Å². The third kappa shape index (κ3) is 1.29. The van der Waals surface area contributed by atoms with E-state index >= 15 is 0 Å². The highest BCUT2D eigenvalue weighted by Gasteiger charge is 2.16. The monoisotopic (exact) mass is 171 g/mol. The number of benzene rings is 1. The van der Waals surface area contributed by atoms with Gasteiger partial charge < -0.3 is 4.90 Å². The van der Waals surface area contributed by atoms with Gasteiger partial charge in [0, 0.05) is 24.3 Å². The zero-order chi connectivity index (χ0) is 9.26. The van der Waals surface area contributed by atoms with E-state index in [2.05, 4.69) is 29.9 Å². The summed E-state index contributed by atoms with van der Waals surface area (Å²) in [6.45, 7) is 4.41. The van der Waals surface area contributed by atoms with Crippen LogP contribution in [0.15, 0.2) is 18.2 Å². The van der Waals surface area contributed by atoms with E-state index in [-0.39, 0.29) is 0 Å². The molecule has 1 nitrogen and oxygen atoms in total. The molecule has 0 aromatic heterocycles. The summed E-state index contributed by atoms with van der Waals surface area (Å²) in [6.07, 6.45) is 6.49. The maximum absolute atomic E-state index is 5.35. The number of hydrogen-bond acceptors (Lipinski definition) is 1. The van der Waals surface area contributed by atoms with E-state index in [1.165, 1.54) is 11.3 Å². The van der Waals surface area contributed by atoms with Crippen LogP contribution >= 0.6 is 0 Å². The lowest BCUT2D eigenvalue weighted by atomic mass is 10.1. The van der Waals surface area contributed by atoms with Crippen LogP contribution in [0.3, 0.4) is 0 Å². The quantitative estimate of drug-likeness (QED) is 0.584. The fourth-order valence-corrected chi connectivity index (χ4v) is 1.89. The normalized spacial score (nSPS) is 14.0. The Morgan fingerprint density at radius 2 is 2.38 bits per heavy atom. The molecule has 0 unspecified atom stereocenters. The number of hydrogen-bond donors (Lipinski definition) is 0. The Kier molecular flexibility index (Phi) is 1.98. The molecule has 0 fully saturated rings. The molecule has 0 saturated heterocycles. The van der Waals surface area contributed by atoms with Crippen molar-refractivity contribution < 1.29 is 0 Å². The summed E-state index contributed by atoms with van der Waals surface area (Å²) in [6, 6.07) is 6.29. The highest BCUT2D eigenvalue weighted by molar-refractivity contribution is 5.60. The number of terminal acetylenes is 1. The Balaban J connectivity index is 2.41. The molecule has 13 heavy (non-hydrogen) atoms. The summed E-state index contributed by atoms with van der Waals surface area (Å²) in [5.41, 5.74) is 3.76. The Morgan fingerprint density at radius 1 is 1.54 bits per heavy atom. The van der Waals surface area contributed by atoms with Crippen LogP contribution in [-0.4, -0.2) is 13.1 Å². The minimum Gasteiger partial charge on any atom is -0.371 e. The van der Waals surface area contributed by atoms with Gasteiger partial charge in [-0.3, -0.25) is 0 Å². The average Bonchev–Trinajstić information content (AvgIpc) is 2.59. The number of fused-ring (bicyclic) bond motifs is 1. The predicted octanol–water partition coefficient (Wildman–Crippen LogP) is 2.05. The molecule has 1 heterocycles. The van der Waals surface area contributed by atoms with E-state index < -0.39 is 0 Å². The SMILES string of the molecule is C#Cc1ccc2c(c1)CCN2CC. The minimum atomic E-state index is 0.997. The van der Waals surface area contributed by atoms with E-state index in [1.807, 2.05) is 6.07 Å². The van der Waals surface area contributed by atoms with Crippen molar-refractivity contribution in [3.63, 3.8) is 0 Å². The van der Waals surface area contributed by atoms with Crippen molar-refractivity contribution in [2.45, 2.75) is 13.3 Å². The number of nitrogens with zero attached hydrogens (tertiary/aromatic N) is 1. The summed E-state index contributed by atoms with van der Waals surface area (Å²) in [4.78, 5) is 2.38. The maximum Gasteiger partial charge on any atom is 0.0400 e. The van der Waals surface area contributed by atoms with E-state index in [4.69, 9.17) is 6.42 Å². The molecule has 0 N–H and O–H groups in total. The lowest BCUT2D eigenvalue weighted by Crippen LogP contribution is -2.18. The maximum atomic E-state index is 5.35. The molecule has 0 amide bonds. The summed E-state index contributed by atoms with van der Waals surface area (Å²) in [7, 11) is 0. The van der Waals surface area contributed by atoms with Crippen molar-refractivity contribution in [2.75, 3.05) is 18.0 Å². The average molecular weight is 171 g/mol. The highest BCUT2D eigenvalue weighted by Crippen LogP contribution is 2.27. The van der Waals surface area contributed by atoms with Crippen LogP contribution in [0.2, 0.25) is 0 Å². The molecule has 0 aliphatic carbocycles. The van der Waals surface area contributed by atoms with Crippen molar-refractivity contribution in [2.24, 2.45) is 0 Å². The first-order chi connectivity index (χ1) is 6.35. The summed E-state index contributed by atoms with van der Waals surface area (Å²) in [5.74, 6) is 2.67. The van der Waals surface area contributed by atoms with E-state index in [0.29, 0.717) is 0 Å². The summed E-state index contributed by atoms with van der Waals surface area (Å²) < 4.78 is 0. The molecule has 1 aliphatic heterocycles. The molecule has 0 atom stereocenters. The number of likely N-dealkylation sites (N-methyl/N-ethyl adjacent to an activating group) is 1. The second-order valence-corrected chi connectivity index (χ2v) is 3.32. The van der Waals surface area contributed by atoms with Gasteiger partial charge in [-0.15, -0.1) is 6.42 Å². The highest BCUT2D eigenvalue weighted by atomic mass is 15.1. The third-order valence-electron chi connectivity index (χ3n) is 2.62. The van der Waals surface area contributed by atoms with Gasteiger partial charge >= 0.3 is 0 Å². The zero-order valence-corrected chi connectivity index (χ0v) is 7.88. The molecular formula is C12H13N. The van der Waals surface area contributed by atoms with Crippen LogP contribution in [0, 0.1) is 12.3 Å². The van der Waals surface area contributed by atoms with Crippen LogP contribution < -0.4 is 4.90 Å². The van der Waals surface area contributed by atoms with Gasteiger partial charge in [-0.05, 0) is 37.1 Å². The Hall–Kier alpha value is -1.42. The van der Waals surface area contributed by atoms with Crippen LogP contribution in [0.4, 0.5) is 5.69 Å². The smallest absolute Gasteiger partial charge is 0.0400 e. The first kappa shape index (κ1) is 8.19. The molecule has 1 aromatic rings. The molecule has 1 heteroatoms. The molecule has 0 saturated carbocycles. The van der Waals surface area contributed by atoms with Gasteiger partial charge in [-0.2, -0.15) is 0 Å². The number of rotatable bonds is 1. The molecule has 0 spiro atoms. The third-order valence-corrected chi connectivity index (χ3v) is 2.62. The molecule has 0 radical (unpaired) electrons. The largest absolute Gasteiger partial charge is 0.371 e. The molecule has 2 rings (SSSR count). The van der Waals surface area contributed by atoms with Gasteiger partial charge in [0.15, 0.2) is 0 Å². The molecular weight excluding hydrogens is 158 g/mol. The fraction of sp³-hybridized carbons (Fsp3) is 0.333. The first-order valence-electron chi connectivity index (χ1n) is 4.69. The van der Waals surface area contributed by atoms with Crippen molar-refractivity contribution >= 4 is 5.69 Å². The molecule has 66 valence electrons. The predicted molar refractivity (Wildman–Crippen MR) is 56.0 cm³/mol. The molecule has 1 aromatic carbocycles. The second-order valence-electron chi connectivity index (χ2n) is 3.32. The van der Waals surface area contributed by atoms with Gasteiger partial charge in [-0.1, -0.05) is 5.92 Å². The Morgan fingerprint density at radius 3 is 3.08 bits per heavy atom. The summed E-state index contributed by atoms with van der Waals surface area (Å²) >= 11 is 0. The first-order valence-corrected chi connectivity index (χ1v) is 4.69. The fourth-order valence-electron chi connectivity index (χ4n) is 1.89. The lowest BCUT2D eigenvalue weighted by Gasteiger charge is -2.16. The van der Waals surface area contributed by atoms with Gasteiger partial charge in [0.1, 0.15) is 0 Å². The standard InChI is InChI=1S/C12H13N/c1-3-10-5-6-12-11(9-10)7-8-13(12)4-2/h1,5-6,9H,4,7-8H2,2H3. The van der Waals surface area contributed by atoms with Crippen LogP contribution in [0.25, 0.3) is 0 Å². The van der Waals surface area contributed by atoms with Crippen LogP contribution in [-0.2, 0) is 6.42 Å². The van der Waals surface area contributed by atoms with Gasteiger partial charge in [0.05, 0.1) is 0 Å². The van der Waals surface area contributed by atoms with Crippen molar-refractivity contribution in [3.8, 4) is 12.3 Å². The van der Waals surface area contributed by atoms with Crippen LogP contribution in [0.1, 0.15) is 18.1 Å². The Bertz CT molecular complexity index is 360. The van der Waals surface area contributed by atoms with E-state index in [0.717, 1.165) is 25.1 Å².